The van der Waals surface area contributed by atoms with Crippen LogP contribution in [0, 0.1) is 24.0 Å². The SMILES string of the molecule is Cc1cccc(N2CCN(c3ncnc(NN(c4ccccc4)c4ccccc4)c3[N+](=O)[O-])CC2)c1C. The molecule has 1 aliphatic heterocycles. The summed E-state index contributed by atoms with van der Waals surface area (Å²) >= 11 is 0. The molecule has 9 nitrogen and oxygen atoms in total. The maximum Gasteiger partial charge on any atom is 0.355 e. The monoisotopic (exact) mass is 495 g/mol. The lowest BCUT2D eigenvalue weighted by Gasteiger charge is -2.37. The first kappa shape index (κ1) is 24.1. The third-order valence-corrected chi connectivity index (χ3v) is 6.73. The summed E-state index contributed by atoms with van der Waals surface area (Å²) in [6.45, 7) is 6.97. The highest BCUT2D eigenvalue weighted by atomic mass is 16.6. The third kappa shape index (κ3) is 5.02. The number of anilines is 5. The number of hydrogen-bond acceptors (Lipinski definition) is 8. The van der Waals surface area contributed by atoms with E-state index in [4.69, 9.17) is 0 Å². The van der Waals surface area contributed by atoms with Crippen molar-refractivity contribution in [3.8, 4) is 0 Å². The van der Waals surface area contributed by atoms with E-state index < -0.39 is 4.92 Å². The number of rotatable bonds is 7. The van der Waals surface area contributed by atoms with Gasteiger partial charge in [-0.3, -0.25) is 20.5 Å². The van der Waals surface area contributed by atoms with E-state index in [2.05, 4.69) is 52.3 Å². The molecule has 0 atom stereocenters. The summed E-state index contributed by atoms with van der Waals surface area (Å²) in [6.07, 6.45) is 1.38. The summed E-state index contributed by atoms with van der Waals surface area (Å²) in [5, 5.41) is 14.1. The molecule has 0 bridgehead atoms. The number of aromatic nitrogens is 2. The average Bonchev–Trinajstić information content (AvgIpc) is 2.94. The lowest BCUT2D eigenvalue weighted by atomic mass is 10.1. The molecule has 0 saturated carbocycles. The summed E-state index contributed by atoms with van der Waals surface area (Å²) in [5.41, 5.74) is 8.43. The zero-order valence-corrected chi connectivity index (χ0v) is 20.9. The van der Waals surface area contributed by atoms with Gasteiger partial charge in [0.25, 0.3) is 0 Å². The summed E-state index contributed by atoms with van der Waals surface area (Å²) in [6, 6.07) is 25.6. The minimum absolute atomic E-state index is 0.139. The average molecular weight is 496 g/mol. The van der Waals surface area contributed by atoms with E-state index in [0.29, 0.717) is 18.9 Å². The van der Waals surface area contributed by atoms with Crippen LogP contribution in [-0.2, 0) is 0 Å². The molecule has 1 aliphatic rings. The number of hydrazine groups is 1. The van der Waals surface area contributed by atoms with Crippen molar-refractivity contribution in [2.24, 2.45) is 0 Å². The van der Waals surface area contributed by atoms with Crippen molar-refractivity contribution in [2.75, 3.05) is 46.4 Å². The molecule has 0 aliphatic carbocycles. The van der Waals surface area contributed by atoms with Crippen LogP contribution in [0.1, 0.15) is 11.1 Å². The van der Waals surface area contributed by atoms with Crippen molar-refractivity contribution in [1.29, 1.82) is 0 Å². The van der Waals surface area contributed by atoms with Gasteiger partial charge in [-0.1, -0.05) is 48.5 Å². The first-order valence-corrected chi connectivity index (χ1v) is 12.3. The summed E-state index contributed by atoms with van der Waals surface area (Å²) in [7, 11) is 0. The highest BCUT2D eigenvalue weighted by Gasteiger charge is 2.30. The number of nitro groups is 1. The van der Waals surface area contributed by atoms with E-state index in [1.807, 2.05) is 65.6 Å². The molecule has 1 N–H and O–H groups in total. The van der Waals surface area contributed by atoms with Gasteiger partial charge in [0.05, 0.1) is 16.3 Å². The van der Waals surface area contributed by atoms with Crippen LogP contribution in [0.5, 0.6) is 0 Å². The predicted octanol–water partition coefficient (Wildman–Crippen LogP) is 5.49. The number of hydrogen-bond donors (Lipinski definition) is 1. The van der Waals surface area contributed by atoms with Crippen LogP contribution in [-0.4, -0.2) is 41.1 Å². The molecule has 1 saturated heterocycles. The van der Waals surface area contributed by atoms with E-state index in [9.17, 15) is 10.1 Å². The highest BCUT2D eigenvalue weighted by molar-refractivity contribution is 5.75. The zero-order chi connectivity index (χ0) is 25.8. The quantitative estimate of drug-likeness (QED) is 0.266. The summed E-state index contributed by atoms with van der Waals surface area (Å²) in [5.74, 6) is 0.462. The largest absolute Gasteiger partial charge is 0.368 e. The Balaban J connectivity index is 1.43. The second kappa shape index (κ2) is 10.5. The molecule has 1 fully saturated rings. The van der Waals surface area contributed by atoms with Gasteiger partial charge in [0, 0.05) is 31.9 Å². The van der Waals surface area contributed by atoms with Gasteiger partial charge in [-0.05, 0) is 55.3 Å². The maximum atomic E-state index is 12.3. The molecule has 0 spiro atoms. The Morgan fingerprint density at radius 3 is 2.00 bits per heavy atom. The molecule has 0 unspecified atom stereocenters. The van der Waals surface area contributed by atoms with Gasteiger partial charge in [-0.15, -0.1) is 0 Å². The smallest absolute Gasteiger partial charge is 0.355 e. The maximum absolute atomic E-state index is 12.3. The Kier molecular flexibility index (Phi) is 6.85. The van der Waals surface area contributed by atoms with Crippen molar-refractivity contribution >= 4 is 34.4 Å². The molecule has 5 rings (SSSR count). The number of aryl methyl sites for hydroxylation is 1. The number of benzene rings is 3. The fourth-order valence-electron chi connectivity index (χ4n) is 4.63. The second-order valence-corrected chi connectivity index (χ2v) is 8.96. The number of piperazine rings is 1. The van der Waals surface area contributed by atoms with Gasteiger partial charge in [0.1, 0.15) is 6.33 Å². The molecule has 188 valence electrons. The number of nitrogens with zero attached hydrogens (tertiary/aromatic N) is 6. The van der Waals surface area contributed by atoms with Gasteiger partial charge in [0.2, 0.25) is 11.6 Å². The van der Waals surface area contributed by atoms with E-state index in [-0.39, 0.29) is 11.5 Å². The van der Waals surface area contributed by atoms with Crippen LogP contribution in [0.3, 0.4) is 0 Å². The van der Waals surface area contributed by atoms with E-state index in [1.165, 1.54) is 23.1 Å². The predicted molar refractivity (Wildman–Crippen MR) is 148 cm³/mol. The van der Waals surface area contributed by atoms with Crippen LogP contribution in [0.15, 0.2) is 85.2 Å². The van der Waals surface area contributed by atoms with E-state index in [0.717, 1.165) is 24.5 Å². The Labute approximate surface area is 216 Å². The minimum Gasteiger partial charge on any atom is -0.368 e. The summed E-state index contributed by atoms with van der Waals surface area (Å²) < 4.78 is 0. The second-order valence-electron chi connectivity index (χ2n) is 8.96. The topological polar surface area (TPSA) is 90.7 Å². The van der Waals surface area contributed by atoms with Crippen LogP contribution < -0.4 is 20.2 Å². The normalized spacial score (nSPS) is 13.4. The molecule has 3 aromatic carbocycles. The van der Waals surface area contributed by atoms with Crippen molar-refractivity contribution < 1.29 is 4.92 Å². The minimum atomic E-state index is -0.400. The lowest BCUT2D eigenvalue weighted by Crippen LogP contribution is -2.47. The molecule has 0 amide bonds. The van der Waals surface area contributed by atoms with E-state index >= 15 is 0 Å². The number of para-hydroxylation sites is 2. The molecular weight excluding hydrogens is 466 g/mol. The highest BCUT2D eigenvalue weighted by Crippen LogP contribution is 2.35. The van der Waals surface area contributed by atoms with Gasteiger partial charge < -0.3 is 9.80 Å². The van der Waals surface area contributed by atoms with Crippen LogP contribution in [0.25, 0.3) is 0 Å². The van der Waals surface area contributed by atoms with Gasteiger partial charge >= 0.3 is 5.69 Å². The Bertz CT molecular complexity index is 1330. The van der Waals surface area contributed by atoms with E-state index in [1.54, 1.807) is 5.01 Å². The first-order chi connectivity index (χ1) is 18.0. The molecule has 37 heavy (non-hydrogen) atoms. The fraction of sp³-hybridized carbons (Fsp3) is 0.214. The van der Waals surface area contributed by atoms with Crippen molar-refractivity contribution in [1.82, 2.24) is 9.97 Å². The van der Waals surface area contributed by atoms with Crippen molar-refractivity contribution in [2.45, 2.75) is 13.8 Å². The molecular formula is C28H29N7O2. The third-order valence-electron chi connectivity index (χ3n) is 6.73. The lowest BCUT2D eigenvalue weighted by molar-refractivity contribution is -0.383. The molecule has 1 aromatic heterocycles. The van der Waals surface area contributed by atoms with Gasteiger partial charge in [-0.25, -0.2) is 9.97 Å². The Morgan fingerprint density at radius 1 is 0.811 bits per heavy atom. The zero-order valence-electron chi connectivity index (χ0n) is 20.9. The summed E-state index contributed by atoms with van der Waals surface area (Å²) in [4.78, 5) is 24.9. The van der Waals surface area contributed by atoms with Gasteiger partial charge in [0.15, 0.2) is 0 Å². The fourth-order valence-corrected chi connectivity index (χ4v) is 4.63. The first-order valence-electron chi connectivity index (χ1n) is 12.3. The number of nitrogens with one attached hydrogen (secondary N) is 1. The van der Waals surface area contributed by atoms with Gasteiger partial charge in [-0.2, -0.15) is 0 Å². The van der Waals surface area contributed by atoms with Crippen LogP contribution in [0.2, 0.25) is 0 Å². The van der Waals surface area contributed by atoms with Crippen LogP contribution in [0.4, 0.5) is 34.4 Å². The standard InChI is InChI=1S/C28H29N7O2/c1-21-10-9-15-25(22(21)2)32-16-18-33(19-17-32)28-26(35(36)37)27(29-20-30-28)31-34(23-11-5-3-6-12-23)24-13-7-4-8-14-24/h3-15,20H,16-19H2,1-2H3,(H,29,30,31). The van der Waals surface area contributed by atoms with Crippen molar-refractivity contribution in [3.63, 3.8) is 0 Å². The molecule has 0 radical (unpaired) electrons. The Morgan fingerprint density at radius 2 is 1.41 bits per heavy atom. The van der Waals surface area contributed by atoms with Crippen molar-refractivity contribution in [3.05, 3.63) is 106 Å². The molecule has 9 heteroatoms. The Hall–Kier alpha value is -4.66. The van der Waals surface area contributed by atoms with Crippen LogP contribution >= 0.6 is 0 Å². The molecule has 2 heterocycles. The molecule has 4 aromatic rings.